The van der Waals surface area contributed by atoms with Crippen molar-refractivity contribution in [3.63, 3.8) is 0 Å². The van der Waals surface area contributed by atoms with Crippen LogP contribution in [0.4, 0.5) is 0 Å². The molecule has 0 bridgehead atoms. The summed E-state index contributed by atoms with van der Waals surface area (Å²) in [4.78, 5) is 3.28. The van der Waals surface area contributed by atoms with Gasteiger partial charge in [0.05, 0.1) is 0 Å². The van der Waals surface area contributed by atoms with Crippen LogP contribution in [-0.4, -0.2) is 10.1 Å². The molecule has 0 aliphatic heterocycles. The maximum absolute atomic E-state index is 10.2. The van der Waals surface area contributed by atoms with Gasteiger partial charge >= 0.3 is 6.01 Å². The third-order valence-corrected chi connectivity index (χ3v) is 0.695. The second-order valence-corrected chi connectivity index (χ2v) is 1.25. The van der Waals surface area contributed by atoms with Crippen molar-refractivity contribution < 1.29 is 29.3 Å². The summed E-state index contributed by atoms with van der Waals surface area (Å²) < 4.78 is 0.278. The fraction of sp³-hybridized carbons (Fsp3) is 0. The van der Waals surface area contributed by atoms with Crippen molar-refractivity contribution in [3.05, 3.63) is 23.7 Å². The van der Waals surface area contributed by atoms with Gasteiger partial charge in [-0.2, -0.15) is 0 Å². The Balaban J connectivity index is 0.000000640. The van der Waals surface area contributed by atoms with E-state index < -0.39 is 6.01 Å². The van der Waals surface area contributed by atoms with E-state index in [1.165, 1.54) is 18.5 Å². The SMILES string of the molecule is [O-][n+]1cccnc1O.[Zn]. The fourth-order valence-electron chi connectivity index (χ4n) is 0.350. The van der Waals surface area contributed by atoms with E-state index >= 15 is 0 Å². The summed E-state index contributed by atoms with van der Waals surface area (Å²) in [7, 11) is 0. The summed E-state index contributed by atoms with van der Waals surface area (Å²) in [6, 6.07) is 0.916. The molecule has 0 saturated heterocycles. The first-order chi connectivity index (χ1) is 3.80. The van der Waals surface area contributed by atoms with Crippen LogP contribution in [0, 0.1) is 5.21 Å². The molecule has 0 unspecified atom stereocenters. The molecule has 0 spiro atoms. The standard InChI is InChI=1S/C4H4N2O2.Zn/c7-4-5-2-1-3-6(4)8;/h1-3H,(H,5,7);. The Morgan fingerprint density at radius 1 is 1.67 bits per heavy atom. The average Bonchev–Trinajstić information content (AvgIpc) is 1.77. The van der Waals surface area contributed by atoms with E-state index in [1.54, 1.807) is 0 Å². The fourth-order valence-corrected chi connectivity index (χ4v) is 0.350. The van der Waals surface area contributed by atoms with E-state index in [1.807, 2.05) is 0 Å². The number of aromatic hydroxyl groups is 1. The van der Waals surface area contributed by atoms with Gasteiger partial charge in [0.1, 0.15) is 12.4 Å². The molecule has 1 heterocycles. The Kier molecular flexibility index (Phi) is 3.09. The average molecular weight is 177 g/mol. The van der Waals surface area contributed by atoms with Gasteiger partial charge < -0.3 is 10.3 Å². The molecule has 0 aromatic carbocycles. The van der Waals surface area contributed by atoms with Crippen LogP contribution in [0.2, 0.25) is 0 Å². The monoisotopic (exact) mass is 176 g/mol. The molecule has 1 rings (SSSR count). The first-order valence-corrected chi connectivity index (χ1v) is 2.04. The Morgan fingerprint density at radius 2 is 2.33 bits per heavy atom. The summed E-state index contributed by atoms with van der Waals surface area (Å²) in [6.07, 6.45) is 2.51. The van der Waals surface area contributed by atoms with Crippen LogP contribution >= 0.6 is 0 Å². The first-order valence-electron chi connectivity index (χ1n) is 2.04. The molecule has 0 atom stereocenters. The molecule has 4 nitrogen and oxygen atoms in total. The minimum absolute atomic E-state index is 0. The molecule has 1 N–H and O–H groups in total. The zero-order chi connectivity index (χ0) is 5.98. The second kappa shape index (κ2) is 3.35. The largest absolute Gasteiger partial charge is 0.708 e. The van der Waals surface area contributed by atoms with E-state index in [9.17, 15) is 5.21 Å². The molecule has 0 saturated carbocycles. The minimum Gasteiger partial charge on any atom is -0.708 e. The van der Waals surface area contributed by atoms with Gasteiger partial charge in [0.25, 0.3) is 0 Å². The number of hydrogen-bond donors (Lipinski definition) is 1. The predicted molar refractivity (Wildman–Crippen MR) is 24.9 cm³/mol. The predicted octanol–water partition coefficient (Wildman–Crippen LogP) is -0.582. The third-order valence-electron chi connectivity index (χ3n) is 0.695. The number of rotatable bonds is 0. The molecular formula is C4H4N2O2Zn. The Bertz CT molecular complexity index is 173. The molecule has 44 valence electrons. The van der Waals surface area contributed by atoms with E-state index in [0.29, 0.717) is 0 Å². The molecule has 0 fully saturated rings. The van der Waals surface area contributed by atoms with Gasteiger partial charge in [0.15, 0.2) is 0 Å². The number of nitrogens with zero attached hydrogens (tertiary/aromatic N) is 2. The molecule has 0 amide bonds. The zero-order valence-electron chi connectivity index (χ0n) is 4.69. The molecular weight excluding hydrogens is 173 g/mol. The van der Waals surface area contributed by atoms with Crippen LogP contribution in [0.1, 0.15) is 0 Å². The van der Waals surface area contributed by atoms with E-state index in [0.717, 1.165) is 0 Å². The first kappa shape index (κ1) is 8.30. The second-order valence-electron chi connectivity index (χ2n) is 1.25. The summed E-state index contributed by atoms with van der Waals surface area (Å²) in [5, 5.41) is 18.7. The van der Waals surface area contributed by atoms with Crippen LogP contribution in [0.15, 0.2) is 18.5 Å². The Morgan fingerprint density at radius 3 is 2.67 bits per heavy atom. The van der Waals surface area contributed by atoms with Gasteiger partial charge in [-0.25, -0.2) is 4.73 Å². The third kappa shape index (κ3) is 1.93. The molecule has 9 heavy (non-hydrogen) atoms. The van der Waals surface area contributed by atoms with Crippen LogP contribution < -0.4 is 4.73 Å². The molecule has 1 aromatic rings. The number of aromatic nitrogens is 2. The summed E-state index contributed by atoms with van der Waals surface area (Å²) in [6.45, 7) is 0. The van der Waals surface area contributed by atoms with Crippen LogP contribution in [0.5, 0.6) is 6.01 Å². The van der Waals surface area contributed by atoms with E-state index in [2.05, 4.69) is 4.98 Å². The van der Waals surface area contributed by atoms with Crippen molar-refractivity contribution in [2.45, 2.75) is 0 Å². The van der Waals surface area contributed by atoms with Gasteiger partial charge in [-0.05, 0) is 4.98 Å². The zero-order valence-corrected chi connectivity index (χ0v) is 7.66. The van der Waals surface area contributed by atoms with Crippen LogP contribution in [0.3, 0.4) is 0 Å². The van der Waals surface area contributed by atoms with Gasteiger partial charge in [0, 0.05) is 25.5 Å². The van der Waals surface area contributed by atoms with Gasteiger partial charge in [-0.1, -0.05) is 0 Å². The van der Waals surface area contributed by atoms with Gasteiger partial charge in [0.2, 0.25) is 0 Å². The van der Waals surface area contributed by atoms with Crippen molar-refractivity contribution >= 4 is 0 Å². The van der Waals surface area contributed by atoms with Crippen LogP contribution in [-0.2, 0) is 19.5 Å². The van der Waals surface area contributed by atoms with Gasteiger partial charge in [-0.3, -0.25) is 0 Å². The normalized spacial score (nSPS) is 8.00. The molecule has 0 aliphatic rings. The summed E-state index contributed by atoms with van der Waals surface area (Å²) in [5.74, 6) is 0. The van der Waals surface area contributed by atoms with Crippen LogP contribution in [0.25, 0.3) is 0 Å². The smallest absolute Gasteiger partial charge is 0.498 e. The van der Waals surface area contributed by atoms with Crippen molar-refractivity contribution in [1.29, 1.82) is 0 Å². The Hall–Kier alpha value is -0.697. The summed E-state index contributed by atoms with van der Waals surface area (Å²) >= 11 is 0. The molecule has 0 radical (unpaired) electrons. The van der Waals surface area contributed by atoms with Crippen molar-refractivity contribution in [2.24, 2.45) is 0 Å². The van der Waals surface area contributed by atoms with Crippen molar-refractivity contribution in [3.8, 4) is 6.01 Å². The quantitative estimate of drug-likeness (QED) is 0.328. The molecule has 1 aromatic heterocycles. The Labute approximate surface area is 64.5 Å². The minimum atomic E-state index is -0.521. The van der Waals surface area contributed by atoms with Gasteiger partial charge in [-0.15, -0.1) is 0 Å². The van der Waals surface area contributed by atoms with Crippen molar-refractivity contribution in [2.75, 3.05) is 0 Å². The van der Waals surface area contributed by atoms with E-state index in [4.69, 9.17) is 5.11 Å². The maximum atomic E-state index is 10.2. The van der Waals surface area contributed by atoms with Crippen molar-refractivity contribution in [1.82, 2.24) is 4.98 Å². The molecule has 5 heteroatoms. The maximum Gasteiger partial charge on any atom is 0.498 e. The van der Waals surface area contributed by atoms with E-state index in [-0.39, 0.29) is 24.2 Å². The molecule has 0 aliphatic carbocycles. The number of hydrogen-bond acceptors (Lipinski definition) is 3. The topological polar surface area (TPSA) is 60.1 Å². The summed E-state index contributed by atoms with van der Waals surface area (Å²) in [5.41, 5.74) is 0.